The number of nitrogens with one attached hydrogen (secondary N) is 1. The minimum Gasteiger partial charge on any atom is -0.363 e. The van der Waals surface area contributed by atoms with Gasteiger partial charge in [0.05, 0.1) is 17.3 Å². The minimum atomic E-state index is -0.404. The summed E-state index contributed by atoms with van der Waals surface area (Å²) in [5, 5.41) is 4.70. The number of benzene rings is 1. The Morgan fingerprint density at radius 2 is 1.86 bits per heavy atom. The van der Waals surface area contributed by atoms with Crippen LogP contribution in [0.1, 0.15) is 56.6 Å². The Labute approximate surface area is 211 Å². The first-order valence-corrected chi connectivity index (χ1v) is 12.6. The first-order chi connectivity index (χ1) is 17.4. The number of aldehydes is 1. The lowest BCUT2D eigenvalue weighted by molar-refractivity contribution is -0.129. The Morgan fingerprint density at radius 3 is 2.56 bits per heavy atom. The van der Waals surface area contributed by atoms with Crippen LogP contribution in [0.2, 0.25) is 0 Å². The third-order valence-electron chi connectivity index (χ3n) is 7.27. The van der Waals surface area contributed by atoms with Crippen molar-refractivity contribution < 1.29 is 9.59 Å². The van der Waals surface area contributed by atoms with Gasteiger partial charge in [0, 0.05) is 62.8 Å². The van der Waals surface area contributed by atoms with Crippen LogP contribution < -0.4 is 10.2 Å². The lowest BCUT2D eigenvalue weighted by Gasteiger charge is -2.34. The van der Waals surface area contributed by atoms with E-state index in [1.54, 1.807) is 6.92 Å². The normalized spacial score (nSPS) is 19.0. The highest BCUT2D eigenvalue weighted by atomic mass is 16.2. The molecule has 1 fully saturated rings. The molecule has 0 aliphatic carbocycles. The maximum Gasteiger partial charge on any atom is 0.227 e. The quantitative estimate of drug-likeness (QED) is 0.529. The van der Waals surface area contributed by atoms with E-state index in [0.29, 0.717) is 38.7 Å². The van der Waals surface area contributed by atoms with Crippen LogP contribution >= 0.6 is 0 Å². The molecule has 2 aliphatic heterocycles. The molecular formula is C27H33N7O2. The Balaban J connectivity index is 1.49. The Hall–Kier alpha value is -3.59. The number of carbonyl (C=O) groups is 2. The van der Waals surface area contributed by atoms with Gasteiger partial charge < -0.3 is 19.9 Å². The van der Waals surface area contributed by atoms with Gasteiger partial charge in [-0.15, -0.1) is 0 Å². The van der Waals surface area contributed by atoms with E-state index in [9.17, 15) is 9.59 Å². The zero-order chi connectivity index (χ0) is 25.4. The molecule has 36 heavy (non-hydrogen) atoms. The van der Waals surface area contributed by atoms with Gasteiger partial charge in [-0.05, 0) is 38.5 Å². The number of hydrogen-bond acceptors (Lipinski definition) is 8. The molecule has 9 nitrogen and oxygen atoms in total. The molecular weight excluding hydrogens is 454 g/mol. The van der Waals surface area contributed by atoms with Crippen molar-refractivity contribution in [2.45, 2.75) is 52.4 Å². The van der Waals surface area contributed by atoms with Gasteiger partial charge in [0.1, 0.15) is 18.1 Å². The van der Waals surface area contributed by atoms with E-state index in [1.165, 1.54) is 0 Å². The average molecular weight is 488 g/mol. The van der Waals surface area contributed by atoms with Crippen LogP contribution in [0.3, 0.4) is 0 Å². The van der Waals surface area contributed by atoms with Crippen LogP contribution in [0.4, 0.5) is 11.8 Å². The molecule has 0 spiro atoms. The van der Waals surface area contributed by atoms with E-state index in [1.807, 2.05) is 29.3 Å². The molecule has 4 heterocycles. The molecule has 2 aromatic heterocycles. The summed E-state index contributed by atoms with van der Waals surface area (Å²) >= 11 is 0. The zero-order valence-corrected chi connectivity index (χ0v) is 21.3. The topological polar surface area (TPSA) is 94.6 Å². The lowest BCUT2D eigenvalue weighted by Crippen LogP contribution is -2.48. The summed E-state index contributed by atoms with van der Waals surface area (Å²) in [6.45, 7) is 11.1. The second-order valence-electron chi connectivity index (χ2n) is 9.90. The summed E-state index contributed by atoms with van der Waals surface area (Å²) in [5.74, 6) is 1.43. The van der Waals surface area contributed by atoms with Gasteiger partial charge >= 0.3 is 0 Å². The van der Waals surface area contributed by atoms with Crippen molar-refractivity contribution in [1.82, 2.24) is 24.8 Å². The summed E-state index contributed by atoms with van der Waals surface area (Å²) in [5.41, 5.74) is 3.75. The van der Waals surface area contributed by atoms with Crippen molar-refractivity contribution in [2.75, 3.05) is 36.4 Å². The number of carbonyl (C=O) groups excluding carboxylic acids is 2. The summed E-state index contributed by atoms with van der Waals surface area (Å²) in [6.07, 6.45) is 2.88. The van der Waals surface area contributed by atoms with E-state index < -0.39 is 6.04 Å². The van der Waals surface area contributed by atoms with Crippen molar-refractivity contribution in [3.05, 3.63) is 53.3 Å². The van der Waals surface area contributed by atoms with Gasteiger partial charge in [0.2, 0.25) is 11.9 Å². The first-order valence-electron chi connectivity index (χ1n) is 12.6. The molecule has 0 saturated carbocycles. The number of piperazine rings is 1. The van der Waals surface area contributed by atoms with Crippen molar-refractivity contribution in [2.24, 2.45) is 0 Å². The number of anilines is 2. The van der Waals surface area contributed by atoms with Gasteiger partial charge in [-0.3, -0.25) is 14.7 Å². The fraction of sp³-hybridized carbons (Fsp3) is 0.444. The van der Waals surface area contributed by atoms with Crippen LogP contribution in [0.25, 0.3) is 10.9 Å². The number of hydrogen-bond donors (Lipinski definition) is 1. The second-order valence-corrected chi connectivity index (χ2v) is 9.90. The Morgan fingerprint density at radius 1 is 1.11 bits per heavy atom. The standard InChI is InChI=1S/C27H33N7O2/c1-17(2)34-15-22-25(24(34)16-35)30-27(33-11-9-32(10-12-33)19(4)36)31-26(22)29-18(3)21-13-20-7-5-6-8-23(20)28-14-21/h5-8,13-14,16-18,24H,9-12,15H2,1-4H3,(H,29,30,31)/t18?,24-/m1/s1. The number of nitrogens with zero attached hydrogens (tertiary/aromatic N) is 6. The number of para-hydroxylation sites is 1. The highest BCUT2D eigenvalue weighted by molar-refractivity contribution is 5.79. The molecule has 2 atom stereocenters. The van der Waals surface area contributed by atoms with E-state index in [2.05, 4.69) is 53.0 Å². The van der Waals surface area contributed by atoms with Crippen molar-refractivity contribution in [3.8, 4) is 0 Å². The number of aromatic nitrogens is 3. The van der Waals surface area contributed by atoms with Gasteiger partial charge in [0.15, 0.2) is 0 Å². The summed E-state index contributed by atoms with van der Waals surface area (Å²) in [7, 11) is 0. The second kappa shape index (κ2) is 9.81. The lowest BCUT2D eigenvalue weighted by atomic mass is 10.1. The van der Waals surface area contributed by atoms with Crippen LogP contribution in [0.5, 0.6) is 0 Å². The Bertz CT molecular complexity index is 1290. The minimum absolute atomic E-state index is 0.0497. The fourth-order valence-electron chi connectivity index (χ4n) is 5.07. The van der Waals surface area contributed by atoms with Crippen LogP contribution in [-0.4, -0.2) is 69.2 Å². The fourth-order valence-corrected chi connectivity index (χ4v) is 5.07. The molecule has 1 aromatic carbocycles. The van der Waals surface area contributed by atoms with Crippen LogP contribution in [-0.2, 0) is 16.1 Å². The van der Waals surface area contributed by atoms with Crippen LogP contribution in [0, 0.1) is 0 Å². The van der Waals surface area contributed by atoms with Gasteiger partial charge in [-0.1, -0.05) is 18.2 Å². The highest BCUT2D eigenvalue weighted by Gasteiger charge is 2.37. The van der Waals surface area contributed by atoms with Crippen molar-refractivity contribution in [3.63, 3.8) is 0 Å². The number of pyridine rings is 1. The molecule has 3 aromatic rings. The molecule has 0 bridgehead atoms. The maximum absolute atomic E-state index is 12.2. The molecule has 5 rings (SSSR count). The SMILES string of the molecule is CC(=O)N1CCN(c2nc(NC(C)c3cnc4ccccc4c3)c3c(n2)[C@@H](C=O)N(C(C)C)C3)CC1. The number of amides is 1. The monoisotopic (exact) mass is 487 g/mol. The molecule has 2 aliphatic rings. The zero-order valence-electron chi connectivity index (χ0n) is 21.3. The molecule has 0 radical (unpaired) electrons. The van der Waals surface area contributed by atoms with E-state index in [-0.39, 0.29) is 18.0 Å². The maximum atomic E-state index is 12.2. The van der Waals surface area contributed by atoms with E-state index in [0.717, 1.165) is 39.8 Å². The van der Waals surface area contributed by atoms with Gasteiger partial charge in [-0.25, -0.2) is 4.98 Å². The predicted octanol–water partition coefficient (Wildman–Crippen LogP) is 3.33. The number of rotatable bonds is 6. The average Bonchev–Trinajstić information content (AvgIpc) is 3.27. The molecule has 188 valence electrons. The molecule has 1 amide bonds. The van der Waals surface area contributed by atoms with Crippen LogP contribution in [0.15, 0.2) is 36.5 Å². The smallest absolute Gasteiger partial charge is 0.227 e. The molecule has 1 unspecified atom stereocenters. The van der Waals surface area contributed by atoms with Crippen molar-refractivity contribution in [1.29, 1.82) is 0 Å². The molecule has 1 N–H and O–H groups in total. The Kier molecular flexibility index (Phi) is 6.57. The van der Waals surface area contributed by atoms with Crippen molar-refractivity contribution >= 4 is 34.9 Å². The summed E-state index contributed by atoms with van der Waals surface area (Å²) in [4.78, 5) is 44.5. The third-order valence-corrected chi connectivity index (χ3v) is 7.27. The van der Waals surface area contributed by atoms with Gasteiger partial charge in [0.25, 0.3) is 0 Å². The first kappa shape index (κ1) is 24.1. The molecule has 1 saturated heterocycles. The largest absolute Gasteiger partial charge is 0.363 e. The number of fused-ring (bicyclic) bond motifs is 2. The van der Waals surface area contributed by atoms with Gasteiger partial charge in [-0.2, -0.15) is 4.98 Å². The highest BCUT2D eigenvalue weighted by Crippen LogP contribution is 2.38. The summed E-state index contributed by atoms with van der Waals surface area (Å²) in [6, 6.07) is 9.96. The predicted molar refractivity (Wildman–Crippen MR) is 140 cm³/mol. The third kappa shape index (κ3) is 4.51. The van der Waals surface area contributed by atoms with E-state index >= 15 is 0 Å². The summed E-state index contributed by atoms with van der Waals surface area (Å²) < 4.78 is 0. The molecule has 9 heteroatoms. The van der Waals surface area contributed by atoms with E-state index in [4.69, 9.17) is 9.97 Å².